The molecule has 2 amide bonds. The number of amides is 2. The third-order valence-corrected chi connectivity index (χ3v) is 2.99. The Morgan fingerprint density at radius 1 is 1.24 bits per heavy atom. The Balaban J connectivity index is 2.12. The van der Waals surface area contributed by atoms with Crippen LogP contribution in [0.15, 0.2) is 24.8 Å². The minimum Gasteiger partial charge on any atom is -0.495 e. The number of benzene rings is 1. The van der Waals surface area contributed by atoms with E-state index in [9.17, 15) is 9.59 Å². The maximum absolute atomic E-state index is 11.8. The van der Waals surface area contributed by atoms with E-state index >= 15 is 0 Å². The number of rotatable bonds is 3. The zero-order chi connectivity index (χ0) is 15.4. The van der Waals surface area contributed by atoms with Crippen LogP contribution < -0.4 is 15.5 Å². The van der Waals surface area contributed by atoms with Gasteiger partial charge >= 0.3 is 11.8 Å². The van der Waals surface area contributed by atoms with Crippen LogP contribution in [0, 0.1) is 6.92 Å². The van der Waals surface area contributed by atoms with Crippen molar-refractivity contribution in [3.05, 3.63) is 35.4 Å². The number of aryl methyl sites for hydroxylation is 1. The van der Waals surface area contributed by atoms with Gasteiger partial charge in [0.05, 0.1) is 12.8 Å². The number of carbonyl (C=O) groups is 2. The van der Waals surface area contributed by atoms with Crippen LogP contribution in [0.2, 0.25) is 5.02 Å². The van der Waals surface area contributed by atoms with Gasteiger partial charge in [0, 0.05) is 11.1 Å². The summed E-state index contributed by atoms with van der Waals surface area (Å²) in [6, 6.07) is 3.18. The quantitative estimate of drug-likeness (QED) is 0.823. The molecule has 0 saturated heterocycles. The van der Waals surface area contributed by atoms with Crippen molar-refractivity contribution in [2.45, 2.75) is 6.92 Å². The van der Waals surface area contributed by atoms with Gasteiger partial charge in [-0.2, -0.15) is 0 Å². The van der Waals surface area contributed by atoms with Gasteiger partial charge in [0.2, 0.25) is 0 Å². The highest BCUT2D eigenvalue weighted by atomic mass is 35.5. The van der Waals surface area contributed by atoms with Gasteiger partial charge in [-0.25, -0.2) is 4.68 Å². The molecule has 0 saturated carbocycles. The van der Waals surface area contributed by atoms with Crippen LogP contribution in [0.3, 0.4) is 0 Å². The summed E-state index contributed by atoms with van der Waals surface area (Å²) in [5, 5.41) is 9.95. The molecule has 2 N–H and O–H groups in total. The largest absolute Gasteiger partial charge is 0.495 e. The fraction of sp³-hybridized carbons (Fsp3) is 0.167. The van der Waals surface area contributed by atoms with E-state index in [1.165, 1.54) is 19.8 Å². The van der Waals surface area contributed by atoms with Gasteiger partial charge in [-0.15, -0.1) is 10.2 Å². The first-order valence-electron chi connectivity index (χ1n) is 5.82. The summed E-state index contributed by atoms with van der Waals surface area (Å²) in [6.45, 7) is 1.77. The van der Waals surface area contributed by atoms with Gasteiger partial charge < -0.3 is 10.1 Å². The van der Waals surface area contributed by atoms with Crippen LogP contribution in [0.1, 0.15) is 5.56 Å². The number of aromatic nitrogens is 3. The van der Waals surface area contributed by atoms with E-state index in [2.05, 4.69) is 20.9 Å². The number of nitrogens with zero attached hydrogens (tertiary/aromatic N) is 3. The van der Waals surface area contributed by atoms with E-state index in [0.717, 1.165) is 10.2 Å². The number of anilines is 1. The maximum Gasteiger partial charge on any atom is 0.328 e. The van der Waals surface area contributed by atoms with Crippen LogP contribution in [0.5, 0.6) is 5.75 Å². The lowest BCUT2D eigenvalue weighted by Gasteiger charge is -2.12. The summed E-state index contributed by atoms with van der Waals surface area (Å²) in [5.41, 5.74) is 3.37. The average Bonchev–Trinajstić information content (AvgIpc) is 2.95. The zero-order valence-electron chi connectivity index (χ0n) is 11.3. The normalized spacial score (nSPS) is 10.0. The number of nitrogens with one attached hydrogen (secondary N) is 2. The molecule has 1 aromatic carbocycles. The van der Waals surface area contributed by atoms with Crippen LogP contribution in [-0.4, -0.2) is 33.8 Å². The number of ether oxygens (including phenoxy) is 1. The van der Waals surface area contributed by atoms with E-state index in [4.69, 9.17) is 16.3 Å². The molecule has 0 radical (unpaired) electrons. The molecule has 1 heterocycles. The summed E-state index contributed by atoms with van der Waals surface area (Å²) in [6.07, 6.45) is 2.50. The van der Waals surface area contributed by atoms with Crippen molar-refractivity contribution in [1.29, 1.82) is 0 Å². The second-order valence-corrected chi connectivity index (χ2v) is 4.47. The Kier molecular flexibility index (Phi) is 4.39. The summed E-state index contributed by atoms with van der Waals surface area (Å²) in [5.74, 6) is -1.37. The number of methoxy groups -OCH3 is 1. The van der Waals surface area contributed by atoms with Crippen LogP contribution in [0.4, 0.5) is 5.69 Å². The Labute approximate surface area is 125 Å². The average molecular weight is 310 g/mol. The minimum atomic E-state index is -0.871. The molecule has 0 bridgehead atoms. The monoisotopic (exact) mass is 309 g/mol. The number of hydrogen-bond acceptors (Lipinski definition) is 5. The summed E-state index contributed by atoms with van der Waals surface area (Å²) in [4.78, 5) is 23.5. The van der Waals surface area contributed by atoms with Gasteiger partial charge in [-0.1, -0.05) is 11.6 Å². The first-order chi connectivity index (χ1) is 10.0. The molecule has 0 atom stereocenters. The van der Waals surface area contributed by atoms with E-state index in [1.54, 1.807) is 19.1 Å². The fourth-order valence-corrected chi connectivity index (χ4v) is 1.69. The second kappa shape index (κ2) is 6.23. The SMILES string of the molecule is COc1cc(Cl)c(C)cc1NC(=O)C(=O)Nn1cnnc1. The van der Waals surface area contributed by atoms with Crippen molar-refractivity contribution in [3.63, 3.8) is 0 Å². The van der Waals surface area contributed by atoms with E-state index in [1.807, 2.05) is 0 Å². The Hall–Kier alpha value is -2.61. The van der Waals surface area contributed by atoms with Crippen molar-refractivity contribution < 1.29 is 14.3 Å². The van der Waals surface area contributed by atoms with Gasteiger partial charge in [0.1, 0.15) is 18.4 Å². The number of carbonyl (C=O) groups excluding carboxylic acids is 2. The lowest BCUT2D eigenvalue weighted by atomic mass is 10.2. The zero-order valence-corrected chi connectivity index (χ0v) is 12.0. The molecule has 2 rings (SSSR count). The molecule has 0 unspecified atom stereocenters. The molecule has 2 aromatic rings. The van der Waals surface area contributed by atoms with E-state index in [0.29, 0.717) is 16.5 Å². The predicted molar refractivity (Wildman–Crippen MR) is 75.8 cm³/mol. The summed E-state index contributed by atoms with van der Waals surface area (Å²) in [7, 11) is 1.44. The number of halogens is 1. The Morgan fingerprint density at radius 2 is 1.90 bits per heavy atom. The second-order valence-electron chi connectivity index (χ2n) is 4.07. The maximum atomic E-state index is 11.8. The van der Waals surface area contributed by atoms with Crippen molar-refractivity contribution in [1.82, 2.24) is 14.9 Å². The van der Waals surface area contributed by atoms with Gasteiger partial charge in [0.15, 0.2) is 0 Å². The lowest BCUT2D eigenvalue weighted by molar-refractivity contribution is -0.133. The molecule has 8 nitrogen and oxygen atoms in total. The highest BCUT2D eigenvalue weighted by Gasteiger charge is 2.17. The first kappa shape index (κ1) is 14.8. The van der Waals surface area contributed by atoms with E-state index < -0.39 is 11.8 Å². The Morgan fingerprint density at radius 3 is 2.52 bits per heavy atom. The van der Waals surface area contributed by atoms with Crippen molar-refractivity contribution in [2.75, 3.05) is 17.9 Å². The molecule has 21 heavy (non-hydrogen) atoms. The minimum absolute atomic E-state index is 0.350. The third-order valence-electron chi connectivity index (χ3n) is 2.58. The predicted octanol–water partition coefficient (Wildman–Crippen LogP) is 0.957. The molecule has 0 aliphatic rings. The fourth-order valence-electron chi connectivity index (χ4n) is 1.54. The van der Waals surface area contributed by atoms with Crippen LogP contribution in [0.25, 0.3) is 0 Å². The molecule has 0 fully saturated rings. The van der Waals surface area contributed by atoms with Crippen molar-refractivity contribution in [2.24, 2.45) is 0 Å². The summed E-state index contributed by atoms with van der Waals surface area (Å²) >= 11 is 5.97. The third kappa shape index (κ3) is 3.48. The van der Waals surface area contributed by atoms with Gasteiger partial charge in [0.25, 0.3) is 0 Å². The van der Waals surface area contributed by atoms with Crippen molar-refractivity contribution >= 4 is 29.1 Å². The number of hydrogen-bond donors (Lipinski definition) is 2. The van der Waals surface area contributed by atoms with Crippen LogP contribution >= 0.6 is 11.6 Å². The highest BCUT2D eigenvalue weighted by molar-refractivity contribution is 6.42. The molecule has 1 aromatic heterocycles. The summed E-state index contributed by atoms with van der Waals surface area (Å²) < 4.78 is 6.27. The Bertz CT molecular complexity index is 672. The molecule has 110 valence electrons. The standard InChI is InChI=1S/C12H12ClN5O3/c1-7-3-9(10(21-2)4-8(7)13)16-11(19)12(20)17-18-5-14-15-6-18/h3-6H,1-2H3,(H,16,19)(H,17,20). The molecular weight excluding hydrogens is 298 g/mol. The first-order valence-corrected chi connectivity index (χ1v) is 6.20. The highest BCUT2D eigenvalue weighted by Crippen LogP contribution is 2.30. The molecular formula is C12H12ClN5O3. The smallest absolute Gasteiger partial charge is 0.328 e. The molecule has 0 aliphatic heterocycles. The van der Waals surface area contributed by atoms with Crippen molar-refractivity contribution in [3.8, 4) is 5.75 Å². The molecule has 9 heteroatoms. The van der Waals surface area contributed by atoms with E-state index in [-0.39, 0.29) is 0 Å². The molecule has 0 aliphatic carbocycles. The topological polar surface area (TPSA) is 98.1 Å². The van der Waals surface area contributed by atoms with Crippen LogP contribution in [-0.2, 0) is 9.59 Å². The van der Waals surface area contributed by atoms with Gasteiger partial charge in [-0.3, -0.25) is 15.0 Å². The lowest BCUT2D eigenvalue weighted by Crippen LogP contribution is -2.33. The molecule has 0 spiro atoms. The van der Waals surface area contributed by atoms with Gasteiger partial charge in [-0.05, 0) is 18.6 Å².